The molecule has 0 spiro atoms. The molecule has 0 heterocycles. The van der Waals surface area contributed by atoms with Crippen LogP contribution in [0.1, 0.15) is 118 Å². The van der Waals surface area contributed by atoms with E-state index in [0.29, 0.717) is 10.8 Å². The Kier molecular flexibility index (Phi) is 7.80. The largest absolute Gasteiger partial charge is 0.393 e. The van der Waals surface area contributed by atoms with Crippen molar-refractivity contribution in [3.8, 4) is 0 Å². The smallest absolute Gasteiger partial charge is 0.0540 e. The van der Waals surface area contributed by atoms with E-state index < -0.39 is 0 Å². The lowest BCUT2D eigenvalue weighted by atomic mass is 9.46. The maximum absolute atomic E-state index is 10.3. The molecule has 0 bridgehead atoms. The molecule has 0 aromatic rings. The second-order valence-corrected chi connectivity index (χ2v) is 11.5. The Balaban J connectivity index is 0.00000117. The Morgan fingerprint density at radius 3 is 2.21 bits per heavy atom. The van der Waals surface area contributed by atoms with E-state index in [4.69, 9.17) is 0 Å². The third-order valence-corrected chi connectivity index (χ3v) is 10.3. The summed E-state index contributed by atoms with van der Waals surface area (Å²) >= 11 is 0. The van der Waals surface area contributed by atoms with Gasteiger partial charge in [0.15, 0.2) is 0 Å². The molecule has 0 aliphatic heterocycles. The summed E-state index contributed by atoms with van der Waals surface area (Å²) in [5.74, 6) is 4.56. The van der Waals surface area contributed by atoms with Gasteiger partial charge in [-0.15, -0.1) is 0 Å². The van der Waals surface area contributed by atoms with Gasteiger partial charge < -0.3 is 10.2 Å². The van der Waals surface area contributed by atoms with Crippen molar-refractivity contribution < 1.29 is 10.2 Å². The second-order valence-electron chi connectivity index (χ2n) is 11.5. The highest BCUT2D eigenvalue weighted by Crippen LogP contribution is 2.67. The van der Waals surface area contributed by atoms with Gasteiger partial charge in [0.05, 0.1) is 12.2 Å². The molecule has 2 heteroatoms. The minimum atomic E-state index is -0.133. The number of hydrogen-bond acceptors (Lipinski definition) is 2. The van der Waals surface area contributed by atoms with Crippen LogP contribution in [-0.4, -0.2) is 22.4 Å². The van der Waals surface area contributed by atoms with Gasteiger partial charge >= 0.3 is 0 Å². The third-order valence-electron chi connectivity index (χ3n) is 10.3. The Hall–Kier alpha value is -0.0800. The summed E-state index contributed by atoms with van der Waals surface area (Å²) in [4.78, 5) is 0. The molecule has 4 saturated carbocycles. The maximum Gasteiger partial charge on any atom is 0.0540 e. The topological polar surface area (TPSA) is 40.5 Å². The van der Waals surface area contributed by atoms with Crippen LogP contribution in [0.2, 0.25) is 0 Å². The molecule has 0 aromatic carbocycles. The van der Waals surface area contributed by atoms with Crippen LogP contribution in [0.5, 0.6) is 0 Å². The molecule has 2 nitrogen and oxygen atoms in total. The molecule has 0 aromatic heterocycles. The molecule has 170 valence electrons. The van der Waals surface area contributed by atoms with Crippen LogP contribution in [-0.2, 0) is 0 Å². The molecule has 4 rings (SSSR count). The number of hydrogen-bond donors (Lipinski definition) is 2. The molecule has 4 fully saturated rings. The molecule has 29 heavy (non-hydrogen) atoms. The Morgan fingerprint density at radius 1 is 0.828 bits per heavy atom. The van der Waals surface area contributed by atoms with E-state index in [9.17, 15) is 10.2 Å². The SMILES string of the molecule is CC.CC(O)CCCC1CCC2C3CCC4CCC(O)CCC4(C)C3CCC12C. The standard InChI is InChI=1S/C25H44O2.C2H6/c1-17(26)5-4-6-18-9-12-22-21-11-8-19-7-10-20(27)13-15-24(19,2)23(21)14-16-25(18,22)3;1-2/h17-23,26-27H,4-16H2,1-3H3;1-2H3. The maximum atomic E-state index is 10.3. The third kappa shape index (κ3) is 4.45. The molecule has 0 saturated heterocycles. The fourth-order valence-corrected chi connectivity index (χ4v) is 8.66. The van der Waals surface area contributed by atoms with E-state index in [-0.39, 0.29) is 12.2 Å². The van der Waals surface area contributed by atoms with E-state index in [0.717, 1.165) is 48.9 Å². The fourth-order valence-electron chi connectivity index (χ4n) is 8.66. The van der Waals surface area contributed by atoms with Crippen molar-refractivity contribution in [1.82, 2.24) is 0 Å². The number of fused-ring (bicyclic) bond motifs is 5. The van der Waals surface area contributed by atoms with Crippen molar-refractivity contribution in [3.63, 3.8) is 0 Å². The predicted molar refractivity (Wildman–Crippen MR) is 123 cm³/mol. The van der Waals surface area contributed by atoms with E-state index in [1.807, 2.05) is 20.8 Å². The van der Waals surface area contributed by atoms with Gasteiger partial charge in [-0.25, -0.2) is 0 Å². The minimum absolute atomic E-state index is 0.0375. The first kappa shape index (κ1) is 23.6. The summed E-state index contributed by atoms with van der Waals surface area (Å²) in [5.41, 5.74) is 1.05. The van der Waals surface area contributed by atoms with Crippen LogP contribution in [0.15, 0.2) is 0 Å². The summed E-state index contributed by atoms with van der Waals surface area (Å²) in [6, 6.07) is 0. The second kappa shape index (κ2) is 9.60. The molecule has 4 aliphatic rings. The average molecular weight is 407 g/mol. The molecule has 4 aliphatic carbocycles. The molecule has 0 amide bonds. The first-order valence-electron chi connectivity index (χ1n) is 13.2. The molecular weight excluding hydrogens is 356 g/mol. The Bertz CT molecular complexity index is 517. The van der Waals surface area contributed by atoms with Crippen LogP contribution < -0.4 is 0 Å². The summed E-state index contributed by atoms with van der Waals surface area (Å²) in [5, 5.41) is 19.9. The van der Waals surface area contributed by atoms with Gasteiger partial charge in [-0.1, -0.05) is 34.1 Å². The summed E-state index contributed by atoms with van der Waals surface area (Å²) < 4.78 is 0. The Labute approximate surface area is 181 Å². The van der Waals surface area contributed by atoms with Crippen LogP contribution in [0.25, 0.3) is 0 Å². The zero-order valence-electron chi connectivity index (χ0n) is 20.1. The number of aliphatic hydroxyl groups is 2. The van der Waals surface area contributed by atoms with Crippen LogP contribution in [0.4, 0.5) is 0 Å². The molecular formula is C27H50O2. The van der Waals surface area contributed by atoms with Gasteiger partial charge in [-0.05, 0) is 124 Å². The lowest BCUT2D eigenvalue weighted by molar-refractivity contribution is -0.0993. The summed E-state index contributed by atoms with van der Waals surface area (Å²) in [7, 11) is 0. The Morgan fingerprint density at radius 2 is 1.48 bits per heavy atom. The monoisotopic (exact) mass is 406 g/mol. The zero-order valence-corrected chi connectivity index (χ0v) is 20.1. The molecule has 2 N–H and O–H groups in total. The first-order chi connectivity index (χ1) is 13.8. The van der Waals surface area contributed by atoms with Crippen molar-refractivity contribution >= 4 is 0 Å². The summed E-state index contributed by atoms with van der Waals surface area (Å²) in [6.07, 6.45) is 16.6. The van der Waals surface area contributed by atoms with Crippen LogP contribution in [0, 0.1) is 40.4 Å². The fraction of sp³-hybridized carbons (Fsp3) is 1.00. The highest BCUT2D eigenvalue weighted by atomic mass is 16.3. The van der Waals surface area contributed by atoms with Crippen LogP contribution in [0.3, 0.4) is 0 Å². The van der Waals surface area contributed by atoms with Gasteiger partial charge in [0.1, 0.15) is 0 Å². The average Bonchev–Trinajstić information content (AvgIpc) is 2.95. The van der Waals surface area contributed by atoms with Gasteiger partial charge in [-0.3, -0.25) is 0 Å². The quantitative estimate of drug-likeness (QED) is 0.529. The summed E-state index contributed by atoms with van der Waals surface area (Å²) in [6.45, 7) is 11.2. The zero-order chi connectivity index (χ0) is 21.2. The van der Waals surface area contributed by atoms with Crippen LogP contribution >= 0.6 is 0 Å². The minimum Gasteiger partial charge on any atom is -0.393 e. The predicted octanol–water partition coefficient (Wildman–Crippen LogP) is 6.97. The molecule has 9 unspecified atom stereocenters. The van der Waals surface area contributed by atoms with Gasteiger partial charge in [0.25, 0.3) is 0 Å². The number of aliphatic hydroxyl groups excluding tert-OH is 2. The van der Waals surface area contributed by atoms with E-state index in [1.165, 1.54) is 64.2 Å². The first-order valence-corrected chi connectivity index (χ1v) is 13.2. The van der Waals surface area contributed by atoms with E-state index in [2.05, 4.69) is 13.8 Å². The van der Waals surface area contributed by atoms with Gasteiger partial charge in [-0.2, -0.15) is 0 Å². The van der Waals surface area contributed by atoms with Crippen molar-refractivity contribution in [2.75, 3.05) is 0 Å². The molecule has 9 atom stereocenters. The van der Waals surface area contributed by atoms with Crippen molar-refractivity contribution in [2.24, 2.45) is 40.4 Å². The van der Waals surface area contributed by atoms with E-state index in [1.54, 1.807) is 0 Å². The van der Waals surface area contributed by atoms with Gasteiger partial charge in [0, 0.05) is 0 Å². The highest BCUT2D eigenvalue weighted by molar-refractivity contribution is 5.08. The van der Waals surface area contributed by atoms with Crippen molar-refractivity contribution in [2.45, 2.75) is 130 Å². The van der Waals surface area contributed by atoms with Gasteiger partial charge in [0.2, 0.25) is 0 Å². The number of rotatable bonds is 4. The molecule has 0 radical (unpaired) electrons. The lowest BCUT2D eigenvalue weighted by Crippen LogP contribution is -2.51. The normalized spacial score (nSPS) is 47.7. The van der Waals surface area contributed by atoms with Crippen molar-refractivity contribution in [1.29, 1.82) is 0 Å². The van der Waals surface area contributed by atoms with E-state index >= 15 is 0 Å². The highest BCUT2D eigenvalue weighted by Gasteiger charge is 2.59. The van der Waals surface area contributed by atoms with Crippen molar-refractivity contribution in [3.05, 3.63) is 0 Å². The lowest BCUT2D eigenvalue weighted by Gasteiger charge is -2.59.